The predicted octanol–water partition coefficient (Wildman–Crippen LogP) is 2.93. The monoisotopic (exact) mass is 336 g/mol. The highest BCUT2D eigenvalue weighted by atomic mass is 16.5. The topological polar surface area (TPSA) is 68.8 Å². The highest BCUT2D eigenvalue weighted by Gasteiger charge is 2.16. The molecule has 1 fully saturated rings. The van der Waals surface area contributed by atoms with E-state index < -0.39 is 0 Å². The van der Waals surface area contributed by atoms with Crippen molar-refractivity contribution in [2.24, 2.45) is 0 Å². The van der Waals surface area contributed by atoms with Gasteiger partial charge in [-0.1, -0.05) is 12.1 Å². The molecular weight excluding hydrogens is 308 g/mol. The van der Waals surface area contributed by atoms with Crippen LogP contribution in [0.2, 0.25) is 0 Å². The summed E-state index contributed by atoms with van der Waals surface area (Å²) in [5, 5.41) is 5.68. The molecule has 0 bridgehead atoms. The van der Waals surface area contributed by atoms with Gasteiger partial charge in [-0.15, -0.1) is 0 Å². The maximum absolute atomic E-state index is 11.9. The maximum atomic E-state index is 11.9. The second-order valence-corrected chi connectivity index (χ2v) is 6.14. The molecule has 0 aliphatic carbocycles. The van der Waals surface area contributed by atoms with E-state index in [1.165, 1.54) is 0 Å². The number of benzene rings is 1. The summed E-state index contributed by atoms with van der Waals surface area (Å²) in [6.07, 6.45) is 2.43. The van der Waals surface area contributed by atoms with Gasteiger partial charge < -0.3 is 24.8 Å². The molecule has 0 spiro atoms. The number of nitrogens with one attached hydrogen (secondary N) is 2. The molecule has 1 aliphatic rings. The van der Waals surface area contributed by atoms with Crippen LogP contribution in [-0.2, 0) is 20.8 Å². The van der Waals surface area contributed by atoms with E-state index in [-0.39, 0.29) is 18.2 Å². The molecule has 0 unspecified atom stereocenters. The lowest BCUT2D eigenvalue weighted by molar-refractivity contribution is 0.0143. The van der Waals surface area contributed by atoms with Crippen molar-refractivity contribution in [3.63, 3.8) is 0 Å². The zero-order valence-corrected chi connectivity index (χ0v) is 14.5. The van der Waals surface area contributed by atoms with Gasteiger partial charge in [0, 0.05) is 18.8 Å². The average Bonchev–Trinajstić information content (AvgIpc) is 3.06. The lowest BCUT2D eigenvalue weighted by atomic mass is 10.2. The van der Waals surface area contributed by atoms with Crippen LogP contribution in [0.3, 0.4) is 0 Å². The SMILES string of the molecule is CC(C)OCCOCc1cccc(NC(=O)NC[C@H]2CCCO2)c1. The summed E-state index contributed by atoms with van der Waals surface area (Å²) in [6.45, 7) is 6.97. The minimum absolute atomic E-state index is 0.142. The molecule has 24 heavy (non-hydrogen) atoms. The van der Waals surface area contributed by atoms with Gasteiger partial charge in [-0.05, 0) is 44.4 Å². The number of carbonyl (C=O) groups excluding carboxylic acids is 1. The van der Waals surface area contributed by atoms with E-state index in [0.717, 1.165) is 30.7 Å². The van der Waals surface area contributed by atoms with Gasteiger partial charge in [-0.2, -0.15) is 0 Å². The summed E-state index contributed by atoms with van der Waals surface area (Å²) >= 11 is 0. The Balaban J connectivity index is 1.68. The first-order valence-electron chi connectivity index (χ1n) is 8.58. The number of urea groups is 1. The van der Waals surface area contributed by atoms with Crippen molar-refractivity contribution >= 4 is 11.7 Å². The van der Waals surface area contributed by atoms with Crippen molar-refractivity contribution in [2.75, 3.05) is 31.7 Å². The quantitative estimate of drug-likeness (QED) is 0.680. The number of anilines is 1. The Labute approximate surface area is 143 Å². The standard InChI is InChI=1S/C18H28N2O4/c1-14(2)23-10-9-22-13-15-5-3-6-16(11-15)20-18(21)19-12-17-7-4-8-24-17/h3,5-6,11,14,17H,4,7-10,12-13H2,1-2H3,(H2,19,20,21)/t17-/m1/s1. The van der Waals surface area contributed by atoms with Gasteiger partial charge in [0.1, 0.15) is 0 Å². The molecule has 0 saturated carbocycles. The minimum atomic E-state index is -0.214. The molecule has 1 aromatic carbocycles. The Bertz CT molecular complexity index is 502. The largest absolute Gasteiger partial charge is 0.376 e. The third kappa shape index (κ3) is 7.29. The van der Waals surface area contributed by atoms with Crippen LogP contribution in [-0.4, -0.2) is 44.6 Å². The Morgan fingerprint density at radius 1 is 1.38 bits per heavy atom. The molecule has 6 nitrogen and oxygen atoms in total. The number of carbonyl (C=O) groups is 1. The van der Waals surface area contributed by atoms with Gasteiger partial charge in [0.25, 0.3) is 0 Å². The molecule has 1 saturated heterocycles. The zero-order chi connectivity index (χ0) is 17.2. The Hall–Kier alpha value is -1.63. The van der Waals surface area contributed by atoms with E-state index in [1.54, 1.807) is 0 Å². The van der Waals surface area contributed by atoms with E-state index in [1.807, 2.05) is 38.1 Å². The van der Waals surface area contributed by atoms with Crippen LogP contribution in [0, 0.1) is 0 Å². The van der Waals surface area contributed by atoms with Crippen molar-refractivity contribution in [3.05, 3.63) is 29.8 Å². The minimum Gasteiger partial charge on any atom is -0.376 e. The number of hydrogen-bond donors (Lipinski definition) is 2. The second kappa shape index (κ2) is 10.3. The molecule has 2 amide bonds. The van der Waals surface area contributed by atoms with Crippen molar-refractivity contribution in [2.45, 2.75) is 45.5 Å². The van der Waals surface area contributed by atoms with E-state index in [0.29, 0.717) is 26.4 Å². The maximum Gasteiger partial charge on any atom is 0.319 e. The normalized spacial score (nSPS) is 17.2. The smallest absolute Gasteiger partial charge is 0.319 e. The summed E-state index contributed by atoms with van der Waals surface area (Å²) in [6, 6.07) is 7.43. The second-order valence-electron chi connectivity index (χ2n) is 6.14. The first-order chi connectivity index (χ1) is 11.6. The van der Waals surface area contributed by atoms with E-state index >= 15 is 0 Å². The van der Waals surface area contributed by atoms with Crippen LogP contribution in [0.5, 0.6) is 0 Å². The Morgan fingerprint density at radius 3 is 3.00 bits per heavy atom. The van der Waals surface area contributed by atoms with E-state index in [4.69, 9.17) is 14.2 Å². The highest BCUT2D eigenvalue weighted by Crippen LogP contribution is 2.13. The molecule has 2 N–H and O–H groups in total. The number of amides is 2. The lowest BCUT2D eigenvalue weighted by Crippen LogP contribution is -2.35. The number of ether oxygens (including phenoxy) is 3. The molecule has 1 aromatic rings. The lowest BCUT2D eigenvalue weighted by Gasteiger charge is -2.12. The molecule has 0 radical (unpaired) electrons. The van der Waals surface area contributed by atoms with Gasteiger partial charge in [-0.3, -0.25) is 0 Å². The van der Waals surface area contributed by atoms with Crippen molar-refractivity contribution < 1.29 is 19.0 Å². The molecule has 6 heteroatoms. The van der Waals surface area contributed by atoms with Crippen LogP contribution in [0.4, 0.5) is 10.5 Å². The van der Waals surface area contributed by atoms with E-state index in [9.17, 15) is 4.79 Å². The molecular formula is C18H28N2O4. The van der Waals surface area contributed by atoms with Gasteiger partial charge >= 0.3 is 6.03 Å². The van der Waals surface area contributed by atoms with Gasteiger partial charge in [0.2, 0.25) is 0 Å². The molecule has 2 rings (SSSR count). The highest BCUT2D eigenvalue weighted by molar-refractivity contribution is 5.89. The van der Waals surface area contributed by atoms with Gasteiger partial charge in [-0.25, -0.2) is 4.79 Å². The first kappa shape index (κ1) is 18.7. The number of hydrogen-bond acceptors (Lipinski definition) is 4. The van der Waals surface area contributed by atoms with Crippen molar-refractivity contribution in [1.29, 1.82) is 0 Å². The van der Waals surface area contributed by atoms with Crippen LogP contribution in [0.25, 0.3) is 0 Å². The molecule has 1 heterocycles. The molecule has 0 aromatic heterocycles. The summed E-state index contributed by atoms with van der Waals surface area (Å²) < 4.78 is 16.5. The first-order valence-corrected chi connectivity index (χ1v) is 8.58. The summed E-state index contributed by atoms with van der Waals surface area (Å²) in [5.74, 6) is 0. The van der Waals surface area contributed by atoms with Crippen molar-refractivity contribution in [1.82, 2.24) is 5.32 Å². The fourth-order valence-corrected chi connectivity index (χ4v) is 2.46. The molecule has 134 valence electrons. The molecule has 1 atom stereocenters. The van der Waals surface area contributed by atoms with Crippen LogP contribution in [0.15, 0.2) is 24.3 Å². The fraction of sp³-hybridized carbons (Fsp3) is 0.611. The Kier molecular flexibility index (Phi) is 8.01. The summed E-state index contributed by atoms with van der Waals surface area (Å²) in [7, 11) is 0. The molecule has 1 aliphatic heterocycles. The summed E-state index contributed by atoms with van der Waals surface area (Å²) in [4.78, 5) is 11.9. The van der Waals surface area contributed by atoms with Crippen LogP contribution < -0.4 is 10.6 Å². The zero-order valence-electron chi connectivity index (χ0n) is 14.5. The third-order valence-electron chi connectivity index (χ3n) is 3.65. The average molecular weight is 336 g/mol. The van der Waals surface area contributed by atoms with Crippen molar-refractivity contribution in [3.8, 4) is 0 Å². The van der Waals surface area contributed by atoms with Crippen LogP contribution >= 0.6 is 0 Å². The predicted molar refractivity (Wildman–Crippen MR) is 93.2 cm³/mol. The van der Waals surface area contributed by atoms with E-state index in [2.05, 4.69) is 10.6 Å². The fourth-order valence-electron chi connectivity index (χ4n) is 2.46. The van der Waals surface area contributed by atoms with Crippen LogP contribution in [0.1, 0.15) is 32.3 Å². The van der Waals surface area contributed by atoms with Gasteiger partial charge in [0.15, 0.2) is 0 Å². The van der Waals surface area contributed by atoms with Gasteiger partial charge in [0.05, 0.1) is 32.0 Å². The number of rotatable bonds is 9. The Morgan fingerprint density at radius 2 is 2.25 bits per heavy atom. The third-order valence-corrected chi connectivity index (χ3v) is 3.65. The summed E-state index contributed by atoms with van der Waals surface area (Å²) in [5.41, 5.74) is 1.76.